The molecule has 0 spiro atoms. The summed E-state index contributed by atoms with van der Waals surface area (Å²) >= 11 is 7.36. The SMILES string of the molecule is COc1ccc(CC(=O)N=C2S[C@H]3CS(=O)(=O)C[C@@H]3N2Cc2ccc(Cl)cc2)cc1. The monoisotopic (exact) mass is 464 g/mol. The van der Waals surface area contributed by atoms with E-state index in [1.807, 2.05) is 41.3 Å². The van der Waals surface area contributed by atoms with Crippen LogP contribution in [0.4, 0.5) is 0 Å². The first-order valence-corrected chi connectivity index (χ1v) is 12.5. The van der Waals surface area contributed by atoms with Gasteiger partial charge in [0.2, 0.25) is 0 Å². The molecule has 158 valence electrons. The number of amides is 1. The second-order valence-corrected chi connectivity index (χ2v) is 11.2. The predicted octanol–water partition coefficient (Wildman–Crippen LogP) is 3.19. The van der Waals surface area contributed by atoms with E-state index in [-0.39, 0.29) is 35.1 Å². The molecular weight excluding hydrogens is 444 g/mol. The molecule has 0 aliphatic carbocycles. The molecule has 4 rings (SSSR count). The number of fused-ring (bicyclic) bond motifs is 1. The smallest absolute Gasteiger partial charge is 0.252 e. The maximum atomic E-state index is 12.6. The highest BCUT2D eigenvalue weighted by Gasteiger charge is 2.48. The fraction of sp³-hybridized carbons (Fsp3) is 0.333. The van der Waals surface area contributed by atoms with Gasteiger partial charge in [0, 0.05) is 16.8 Å². The Kier molecular flexibility index (Phi) is 6.09. The van der Waals surface area contributed by atoms with Gasteiger partial charge in [-0.15, -0.1) is 0 Å². The molecule has 2 aliphatic rings. The van der Waals surface area contributed by atoms with Crippen LogP contribution in [0.25, 0.3) is 0 Å². The third kappa shape index (κ3) is 4.82. The molecule has 2 aromatic rings. The van der Waals surface area contributed by atoms with Crippen LogP contribution in [0, 0.1) is 0 Å². The molecular formula is C21H21ClN2O4S2. The summed E-state index contributed by atoms with van der Waals surface area (Å²) in [5, 5.41) is 1.13. The van der Waals surface area contributed by atoms with Gasteiger partial charge >= 0.3 is 0 Å². The zero-order valence-corrected chi connectivity index (χ0v) is 18.7. The first-order chi connectivity index (χ1) is 14.3. The lowest BCUT2D eigenvalue weighted by molar-refractivity contribution is -0.117. The number of hydrogen-bond donors (Lipinski definition) is 0. The van der Waals surface area contributed by atoms with Crippen LogP contribution in [0.15, 0.2) is 53.5 Å². The number of nitrogens with zero attached hydrogens (tertiary/aromatic N) is 2. The molecule has 2 saturated heterocycles. The number of amidine groups is 1. The zero-order valence-electron chi connectivity index (χ0n) is 16.3. The molecule has 0 aromatic heterocycles. The fourth-order valence-corrected chi connectivity index (χ4v) is 7.77. The van der Waals surface area contributed by atoms with Crippen molar-refractivity contribution in [2.24, 2.45) is 4.99 Å². The number of halogens is 1. The Morgan fingerprint density at radius 1 is 1.13 bits per heavy atom. The summed E-state index contributed by atoms with van der Waals surface area (Å²) in [7, 11) is -1.49. The van der Waals surface area contributed by atoms with Crippen molar-refractivity contribution in [1.29, 1.82) is 0 Å². The second-order valence-electron chi connectivity index (χ2n) is 7.37. The lowest BCUT2D eigenvalue weighted by Crippen LogP contribution is -2.37. The average molecular weight is 465 g/mol. The van der Waals surface area contributed by atoms with Crippen molar-refractivity contribution < 1.29 is 17.9 Å². The van der Waals surface area contributed by atoms with E-state index >= 15 is 0 Å². The Morgan fingerprint density at radius 2 is 1.80 bits per heavy atom. The highest BCUT2D eigenvalue weighted by atomic mass is 35.5. The van der Waals surface area contributed by atoms with Crippen LogP contribution in [0.1, 0.15) is 11.1 Å². The van der Waals surface area contributed by atoms with Gasteiger partial charge in [-0.3, -0.25) is 4.79 Å². The van der Waals surface area contributed by atoms with E-state index in [1.165, 1.54) is 11.8 Å². The summed E-state index contributed by atoms with van der Waals surface area (Å²) in [6.45, 7) is 0.482. The van der Waals surface area contributed by atoms with Crippen molar-refractivity contribution in [3.8, 4) is 5.75 Å². The Hall–Kier alpha value is -2.03. The molecule has 6 nitrogen and oxygen atoms in total. The summed E-state index contributed by atoms with van der Waals surface area (Å²) < 4.78 is 29.4. The van der Waals surface area contributed by atoms with Crippen molar-refractivity contribution in [3.05, 3.63) is 64.7 Å². The van der Waals surface area contributed by atoms with E-state index in [1.54, 1.807) is 19.2 Å². The van der Waals surface area contributed by atoms with E-state index in [4.69, 9.17) is 16.3 Å². The minimum atomic E-state index is -3.08. The van der Waals surface area contributed by atoms with E-state index in [0.29, 0.717) is 16.7 Å². The van der Waals surface area contributed by atoms with Gasteiger partial charge in [-0.2, -0.15) is 4.99 Å². The number of sulfone groups is 1. The topological polar surface area (TPSA) is 76.0 Å². The molecule has 0 N–H and O–H groups in total. The quantitative estimate of drug-likeness (QED) is 0.676. The molecule has 9 heteroatoms. The second kappa shape index (κ2) is 8.61. The van der Waals surface area contributed by atoms with Gasteiger partial charge in [0.1, 0.15) is 5.75 Å². The number of hydrogen-bond acceptors (Lipinski definition) is 5. The Balaban J connectivity index is 1.54. The normalized spacial score (nSPS) is 23.5. The number of aliphatic imine (C=N–C) groups is 1. The number of benzene rings is 2. The number of thioether (sulfide) groups is 1. The van der Waals surface area contributed by atoms with Crippen LogP contribution < -0.4 is 4.74 Å². The lowest BCUT2D eigenvalue weighted by Gasteiger charge is -2.24. The van der Waals surface area contributed by atoms with Crippen molar-refractivity contribution in [2.45, 2.75) is 24.3 Å². The van der Waals surface area contributed by atoms with Crippen molar-refractivity contribution in [3.63, 3.8) is 0 Å². The third-order valence-electron chi connectivity index (χ3n) is 5.18. The minimum Gasteiger partial charge on any atom is -0.497 e. The molecule has 30 heavy (non-hydrogen) atoms. The van der Waals surface area contributed by atoms with Gasteiger partial charge in [-0.25, -0.2) is 8.42 Å². The van der Waals surface area contributed by atoms with Crippen LogP contribution in [-0.2, 0) is 27.6 Å². The lowest BCUT2D eigenvalue weighted by atomic mass is 10.1. The van der Waals surface area contributed by atoms with E-state index in [9.17, 15) is 13.2 Å². The van der Waals surface area contributed by atoms with E-state index in [0.717, 1.165) is 16.9 Å². The van der Waals surface area contributed by atoms with Gasteiger partial charge in [0.25, 0.3) is 5.91 Å². The first-order valence-electron chi connectivity index (χ1n) is 9.45. The van der Waals surface area contributed by atoms with Gasteiger partial charge in [0.05, 0.1) is 31.1 Å². The zero-order chi connectivity index (χ0) is 21.3. The fourth-order valence-electron chi connectivity index (χ4n) is 3.67. The first kappa shape index (κ1) is 21.2. The van der Waals surface area contributed by atoms with Crippen molar-refractivity contribution >= 4 is 44.3 Å². The number of carbonyl (C=O) groups excluding carboxylic acids is 1. The van der Waals surface area contributed by atoms with Gasteiger partial charge in [-0.1, -0.05) is 47.6 Å². The molecule has 2 atom stereocenters. The highest BCUT2D eigenvalue weighted by Crippen LogP contribution is 2.39. The largest absolute Gasteiger partial charge is 0.497 e. The van der Waals surface area contributed by atoms with Crippen LogP contribution >= 0.6 is 23.4 Å². The molecule has 2 fully saturated rings. The summed E-state index contributed by atoms with van der Waals surface area (Å²) in [5.41, 5.74) is 1.83. The molecule has 1 amide bonds. The van der Waals surface area contributed by atoms with E-state index < -0.39 is 9.84 Å². The molecule has 0 unspecified atom stereocenters. The standard InChI is InChI=1S/C21H21ClN2O4S2/c1-28-17-8-4-14(5-9-17)10-20(25)23-21-24(11-15-2-6-16(22)7-3-15)18-12-30(26,27)13-19(18)29-21/h2-9,18-19H,10-13H2,1H3/t18-,19-/m0/s1. The number of ether oxygens (including phenoxy) is 1. The van der Waals surface area contributed by atoms with Crippen molar-refractivity contribution in [2.75, 3.05) is 18.6 Å². The minimum absolute atomic E-state index is 0.0872. The highest BCUT2D eigenvalue weighted by molar-refractivity contribution is 8.15. The van der Waals surface area contributed by atoms with Gasteiger partial charge in [-0.05, 0) is 35.4 Å². The maximum Gasteiger partial charge on any atom is 0.252 e. The summed E-state index contributed by atoms with van der Waals surface area (Å²) in [6, 6.07) is 14.5. The maximum absolute atomic E-state index is 12.6. The Morgan fingerprint density at radius 3 is 2.47 bits per heavy atom. The van der Waals surface area contributed by atoms with Crippen LogP contribution in [0.3, 0.4) is 0 Å². The van der Waals surface area contributed by atoms with Crippen LogP contribution in [-0.4, -0.2) is 54.3 Å². The summed E-state index contributed by atoms with van der Waals surface area (Å²) in [5.74, 6) is 0.674. The number of methoxy groups -OCH3 is 1. The molecule has 2 aromatic carbocycles. The predicted molar refractivity (Wildman–Crippen MR) is 120 cm³/mol. The molecule has 2 heterocycles. The van der Waals surface area contributed by atoms with Gasteiger partial charge in [0.15, 0.2) is 15.0 Å². The Bertz CT molecular complexity index is 1070. The van der Waals surface area contributed by atoms with E-state index in [2.05, 4.69) is 4.99 Å². The number of rotatable bonds is 5. The summed E-state index contributed by atoms with van der Waals surface area (Å²) in [4.78, 5) is 18.9. The molecule has 2 aliphatic heterocycles. The van der Waals surface area contributed by atoms with Crippen LogP contribution in [0.2, 0.25) is 5.02 Å². The summed E-state index contributed by atoms with van der Waals surface area (Å²) in [6.07, 6.45) is 0.177. The Labute approximate surface area is 185 Å². The van der Waals surface area contributed by atoms with Gasteiger partial charge < -0.3 is 9.64 Å². The molecule has 0 radical (unpaired) electrons. The van der Waals surface area contributed by atoms with Crippen LogP contribution in [0.5, 0.6) is 5.75 Å². The molecule has 0 saturated carbocycles. The average Bonchev–Trinajstić information content (AvgIpc) is 3.16. The third-order valence-corrected chi connectivity index (χ3v) is 8.68. The number of carbonyl (C=O) groups is 1. The van der Waals surface area contributed by atoms with Crippen molar-refractivity contribution in [1.82, 2.24) is 4.90 Å². The molecule has 0 bridgehead atoms.